The third-order valence-electron chi connectivity index (χ3n) is 2.65. The topological polar surface area (TPSA) is 49.3 Å². The maximum Gasteiger partial charge on any atom is 0.307 e. The highest BCUT2D eigenvalue weighted by atomic mass is 16.4. The Hall–Kier alpha value is -0.570. The number of carbonyl (C=O) groups is 1. The predicted octanol–water partition coefficient (Wildman–Crippen LogP) is 1.63. The van der Waals surface area contributed by atoms with E-state index in [-0.39, 0.29) is 5.92 Å². The van der Waals surface area contributed by atoms with Crippen molar-refractivity contribution < 1.29 is 9.90 Å². The number of carboxylic acids is 1. The van der Waals surface area contributed by atoms with Gasteiger partial charge < -0.3 is 10.4 Å². The van der Waals surface area contributed by atoms with Crippen molar-refractivity contribution in [2.75, 3.05) is 13.1 Å². The van der Waals surface area contributed by atoms with Crippen LogP contribution >= 0.6 is 0 Å². The summed E-state index contributed by atoms with van der Waals surface area (Å²) in [6.45, 7) is 1.62. The average Bonchev–Trinajstić information content (AvgIpc) is 2.14. The van der Waals surface area contributed by atoms with E-state index in [0.717, 1.165) is 19.4 Å². The van der Waals surface area contributed by atoms with Crippen molar-refractivity contribution in [1.82, 2.24) is 5.32 Å². The van der Waals surface area contributed by atoms with Crippen LogP contribution in [0.3, 0.4) is 0 Å². The zero-order valence-electron chi connectivity index (χ0n) is 8.09. The molecule has 0 aliphatic carbocycles. The molecule has 1 aliphatic rings. The molecule has 0 aromatic rings. The number of aliphatic carboxylic acids is 1. The smallest absolute Gasteiger partial charge is 0.307 e. The van der Waals surface area contributed by atoms with Gasteiger partial charge >= 0.3 is 5.97 Å². The van der Waals surface area contributed by atoms with Crippen LogP contribution in [0, 0.1) is 5.92 Å². The number of hydrogen-bond donors (Lipinski definition) is 2. The lowest BCUT2D eigenvalue weighted by Gasteiger charge is -2.15. The fraction of sp³-hybridized carbons (Fsp3) is 0.900. The molecule has 1 atom stereocenters. The Bertz CT molecular complexity index is 149. The summed E-state index contributed by atoms with van der Waals surface area (Å²) in [5.74, 6) is -0.814. The molecule has 76 valence electrons. The zero-order chi connectivity index (χ0) is 9.52. The molecule has 3 nitrogen and oxygen atoms in total. The van der Waals surface area contributed by atoms with E-state index in [1.807, 2.05) is 0 Å². The summed E-state index contributed by atoms with van der Waals surface area (Å²) >= 11 is 0. The normalized spacial score (nSPS) is 26.6. The van der Waals surface area contributed by atoms with Gasteiger partial charge in [-0.3, -0.25) is 4.79 Å². The van der Waals surface area contributed by atoms with Crippen LogP contribution in [-0.4, -0.2) is 24.2 Å². The van der Waals surface area contributed by atoms with E-state index in [1.54, 1.807) is 0 Å². The van der Waals surface area contributed by atoms with Crippen LogP contribution in [0.4, 0.5) is 0 Å². The molecular formula is C10H19NO2. The van der Waals surface area contributed by atoms with Gasteiger partial charge in [-0.05, 0) is 19.4 Å². The first kappa shape index (κ1) is 10.5. The summed E-state index contributed by atoms with van der Waals surface area (Å²) < 4.78 is 0. The number of hydrogen-bond acceptors (Lipinski definition) is 2. The fourth-order valence-electron chi connectivity index (χ4n) is 1.76. The van der Waals surface area contributed by atoms with Crippen LogP contribution < -0.4 is 5.32 Å². The number of rotatable bonds is 1. The summed E-state index contributed by atoms with van der Waals surface area (Å²) in [5.41, 5.74) is 0. The number of carboxylic acid groups (broad SMARTS) is 1. The Labute approximate surface area is 79.5 Å². The molecule has 1 heterocycles. The summed E-state index contributed by atoms with van der Waals surface area (Å²) in [5, 5.41) is 12.1. The van der Waals surface area contributed by atoms with Gasteiger partial charge in [0, 0.05) is 6.54 Å². The molecule has 0 aromatic carbocycles. The summed E-state index contributed by atoms with van der Waals surface area (Å²) in [6, 6.07) is 0. The summed E-state index contributed by atoms with van der Waals surface area (Å²) in [6.07, 6.45) is 6.83. The van der Waals surface area contributed by atoms with E-state index < -0.39 is 5.97 Å². The molecule has 0 amide bonds. The molecule has 0 aromatic heterocycles. The molecular weight excluding hydrogens is 166 g/mol. The molecule has 1 saturated heterocycles. The van der Waals surface area contributed by atoms with Crippen molar-refractivity contribution in [3.63, 3.8) is 0 Å². The van der Waals surface area contributed by atoms with E-state index >= 15 is 0 Å². The van der Waals surface area contributed by atoms with Crippen molar-refractivity contribution in [3.8, 4) is 0 Å². The Balaban J connectivity index is 2.30. The third kappa shape index (κ3) is 4.27. The highest BCUT2D eigenvalue weighted by molar-refractivity contribution is 5.70. The standard InChI is InChI=1S/C10H19NO2/c12-10(13)9-6-4-2-1-3-5-7-11-8-9/h9,11H,1-8H2,(H,12,13). The zero-order valence-corrected chi connectivity index (χ0v) is 8.09. The highest BCUT2D eigenvalue weighted by Gasteiger charge is 2.16. The van der Waals surface area contributed by atoms with Crippen molar-refractivity contribution >= 4 is 5.97 Å². The first-order chi connectivity index (χ1) is 6.30. The lowest BCUT2D eigenvalue weighted by molar-refractivity contribution is -0.141. The largest absolute Gasteiger partial charge is 0.481 e. The molecule has 1 fully saturated rings. The van der Waals surface area contributed by atoms with Gasteiger partial charge in [0.05, 0.1) is 5.92 Å². The van der Waals surface area contributed by atoms with Crippen LogP contribution in [0.1, 0.15) is 38.5 Å². The molecule has 1 rings (SSSR count). The summed E-state index contributed by atoms with van der Waals surface area (Å²) in [4.78, 5) is 10.8. The highest BCUT2D eigenvalue weighted by Crippen LogP contribution is 2.13. The van der Waals surface area contributed by atoms with Crippen molar-refractivity contribution in [2.24, 2.45) is 5.92 Å². The van der Waals surface area contributed by atoms with E-state index in [9.17, 15) is 4.79 Å². The molecule has 1 aliphatic heterocycles. The Morgan fingerprint density at radius 2 is 1.85 bits per heavy atom. The molecule has 1 unspecified atom stereocenters. The van der Waals surface area contributed by atoms with Crippen molar-refractivity contribution in [1.29, 1.82) is 0 Å². The van der Waals surface area contributed by atoms with Crippen LogP contribution in [-0.2, 0) is 4.79 Å². The molecule has 3 heteroatoms. The second-order valence-electron chi connectivity index (χ2n) is 3.80. The van der Waals surface area contributed by atoms with Gasteiger partial charge in [0.1, 0.15) is 0 Å². The average molecular weight is 185 g/mol. The van der Waals surface area contributed by atoms with Gasteiger partial charge in [0.25, 0.3) is 0 Å². The fourth-order valence-corrected chi connectivity index (χ4v) is 1.76. The minimum Gasteiger partial charge on any atom is -0.481 e. The monoisotopic (exact) mass is 185 g/mol. The van der Waals surface area contributed by atoms with Crippen molar-refractivity contribution in [3.05, 3.63) is 0 Å². The van der Waals surface area contributed by atoms with E-state index in [4.69, 9.17) is 5.11 Å². The molecule has 13 heavy (non-hydrogen) atoms. The predicted molar refractivity (Wildman–Crippen MR) is 51.7 cm³/mol. The minimum absolute atomic E-state index is 0.168. The SMILES string of the molecule is O=C(O)C1CCCCCCCNC1. The first-order valence-corrected chi connectivity index (χ1v) is 5.24. The molecule has 0 radical (unpaired) electrons. The van der Waals surface area contributed by atoms with Crippen LogP contribution in [0.25, 0.3) is 0 Å². The number of nitrogens with one attached hydrogen (secondary N) is 1. The lowest BCUT2D eigenvalue weighted by atomic mass is 9.99. The van der Waals surface area contributed by atoms with Crippen molar-refractivity contribution in [2.45, 2.75) is 38.5 Å². The lowest BCUT2D eigenvalue weighted by Crippen LogP contribution is -2.29. The van der Waals surface area contributed by atoms with E-state index in [2.05, 4.69) is 5.32 Å². The van der Waals surface area contributed by atoms with Crippen LogP contribution in [0.5, 0.6) is 0 Å². The molecule has 0 spiro atoms. The Kier molecular flexibility index (Phi) is 4.83. The van der Waals surface area contributed by atoms with Gasteiger partial charge in [0.15, 0.2) is 0 Å². The quantitative estimate of drug-likeness (QED) is 0.652. The second-order valence-corrected chi connectivity index (χ2v) is 3.80. The van der Waals surface area contributed by atoms with Gasteiger partial charge in [-0.25, -0.2) is 0 Å². The van der Waals surface area contributed by atoms with Gasteiger partial charge in [-0.15, -0.1) is 0 Å². The van der Waals surface area contributed by atoms with Gasteiger partial charge in [0.2, 0.25) is 0 Å². The van der Waals surface area contributed by atoms with Crippen LogP contribution in [0.2, 0.25) is 0 Å². The van der Waals surface area contributed by atoms with E-state index in [0.29, 0.717) is 6.54 Å². The second kappa shape index (κ2) is 5.97. The molecule has 0 saturated carbocycles. The Morgan fingerprint density at radius 1 is 1.15 bits per heavy atom. The maximum absolute atomic E-state index is 10.8. The van der Waals surface area contributed by atoms with Crippen LogP contribution in [0.15, 0.2) is 0 Å². The molecule has 0 bridgehead atoms. The summed E-state index contributed by atoms with van der Waals surface area (Å²) in [7, 11) is 0. The van der Waals surface area contributed by atoms with Gasteiger partial charge in [-0.1, -0.05) is 25.7 Å². The maximum atomic E-state index is 10.8. The van der Waals surface area contributed by atoms with E-state index in [1.165, 1.54) is 25.7 Å². The van der Waals surface area contributed by atoms with Gasteiger partial charge in [-0.2, -0.15) is 0 Å². The first-order valence-electron chi connectivity index (χ1n) is 5.24. The molecule has 2 N–H and O–H groups in total. The third-order valence-corrected chi connectivity index (χ3v) is 2.65. The Morgan fingerprint density at radius 3 is 2.62 bits per heavy atom. The minimum atomic E-state index is -0.645.